The van der Waals surface area contributed by atoms with Crippen molar-refractivity contribution in [2.45, 2.75) is 53.2 Å². The van der Waals surface area contributed by atoms with Crippen LogP contribution in [-0.2, 0) is 17.8 Å². The first kappa shape index (κ1) is 18.2. The lowest BCUT2D eigenvalue weighted by Crippen LogP contribution is -2.34. The third kappa shape index (κ3) is 8.24. The van der Waals surface area contributed by atoms with Crippen molar-refractivity contribution in [2.75, 3.05) is 26.8 Å². The minimum atomic E-state index is 0.106. The molecule has 4 nitrogen and oxygen atoms in total. The summed E-state index contributed by atoms with van der Waals surface area (Å²) in [6, 6.07) is 4.15. The molecule has 0 aliphatic carbocycles. The van der Waals surface area contributed by atoms with Crippen molar-refractivity contribution in [3.8, 4) is 0 Å². The topological polar surface area (TPSA) is 37.6 Å². The van der Waals surface area contributed by atoms with Gasteiger partial charge in [0, 0.05) is 25.7 Å². The van der Waals surface area contributed by atoms with Crippen LogP contribution in [0.25, 0.3) is 0 Å². The van der Waals surface area contributed by atoms with E-state index >= 15 is 0 Å². The molecule has 1 aromatic rings. The van der Waals surface area contributed by atoms with E-state index in [0.717, 1.165) is 44.3 Å². The van der Waals surface area contributed by atoms with Crippen molar-refractivity contribution in [2.24, 2.45) is 5.92 Å². The molecule has 122 valence electrons. The Kier molecular flexibility index (Phi) is 7.43. The van der Waals surface area contributed by atoms with Gasteiger partial charge in [0.05, 0.1) is 19.7 Å². The van der Waals surface area contributed by atoms with Gasteiger partial charge in [0.25, 0.3) is 0 Å². The van der Waals surface area contributed by atoms with Crippen LogP contribution in [0.5, 0.6) is 0 Å². The quantitative estimate of drug-likeness (QED) is 0.759. The van der Waals surface area contributed by atoms with Crippen molar-refractivity contribution in [1.29, 1.82) is 0 Å². The number of hydrogen-bond donors (Lipinski definition) is 1. The molecule has 0 spiro atoms. The van der Waals surface area contributed by atoms with Gasteiger partial charge in [-0.05, 0) is 38.8 Å². The number of methoxy groups -OCH3 is 1. The van der Waals surface area contributed by atoms with Crippen LogP contribution in [0.3, 0.4) is 0 Å². The van der Waals surface area contributed by atoms with E-state index in [1.807, 2.05) is 0 Å². The molecule has 4 heteroatoms. The number of ether oxygens (including phenoxy) is 1. The van der Waals surface area contributed by atoms with Gasteiger partial charge in [0.1, 0.15) is 11.5 Å². The molecule has 0 aliphatic rings. The van der Waals surface area contributed by atoms with E-state index in [1.54, 1.807) is 7.11 Å². The molecule has 0 aliphatic heterocycles. The Bertz CT molecular complexity index is 394. The van der Waals surface area contributed by atoms with Crippen LogP contribution < -0.4 is 5.32 Å². The molecule has 0 bridgehead atoms. The maximum absolute atomic E-state index is 5.93. The third-order valence-electron chi connectivity index (χ3n) is 3.12. The number of nitrogens with one attached hydrogen (secondary N) is 1. The number of furan rings is 1. The predicted octanol–water partition coefficient (Wildman–Crippen LogP) is 3.27. The van der Waals surface area contributed by atoms with Crippen LogP contribution in [0.15, 0.2) is 16.5 Å². The lowest BCUT2D eigenvalue weighted by molar-refractivity contribution is 0.130. The van der Waals surface area contributed by atoms with Gasteiger partial charge in [0.15, 0.2) is 0 Å². The number of rotatable bonds is 9. The Morgan fingerprint density at radius 2 is 1.90 bits per heavy atom. The number of nitrogens with zero attached hydrogens (tertiary/aromatic N) is 1. The van der Waals surface area contributed by atoms with Crippen LogP contribution in [0, 0.1) is 5.92 Å². The predicted molar refractivity (Wildman–Crippen MR) is 87.3 cm³/mol. The summed E-state index contributed by atoms with van der Waals surface area (Å²) in [6.45, 7) is 15.3. The smallest absolute Gasteiger partial charge is 0.118 e. The number of hydrogen-bond acceptors (Lipinski definition) is 4. The molecular weight excluding hydrogens is 264 g/mol. The SMILES string of the molecule is COCCN(Cc1ccc(CNC(C)(C)C)o1)CC(C)C. The Balaban J connectivity index is 2.53. The second-order valence-electron chi connectivity index (χ2n) is 7.09. The zero-order valence-corrected chi connectivity index (χ0v) is 14.5. The summed E-state index contributed by atoms with van der Waals surface area (Å²) < 4.78 is 11.1. The molecule has 1 heterocycles. The van der Waals surface area contributed by atoms with Gasteiger partial charge in [-0.25, -0.2) is 0 Å². The first-order valence-electron chi connectivity index (χ1n) is 7.84. The normalized spacial score (nSPS) is 12.6. The van der Waals surface area contributed by atoms with E-state index in [1.165, 1.54) is 0 Å². The summed E-state index contributed by atoms with van der Waals surface area (Å²) in [6.07, 6.45) is 0. The molecule has 0 fully saturated rings. The van der Waals surface area contributed by atoms with E-state index in [4.69, 9.17) is 9.15 Å². The van der Waals surface area contributed by atoms with Crippen molar-refractivity contribution >= 4 is 0 Å². The van der Waals surface area contributed by atoms with Crippen molar-refractivity contribution in [1.82, 2.24) is 10.2 Å². The fourth-order valence-corrected chi connectivity index (χ4v) is 2.15. The molecule has 1 rings (SSSR count). The van der Waals surface area contributed by atoms with Gasteiger partial charge in [0.2, 0.25) is 0 Å². The summed E-state index contributed by atoms with van der Waals surface area (Å²) in [5, 5.41) is 3.44. The van der Waals surface area contributed by atoms with Crippen molar-refractivity contribution < 1.29 is 9.15 Å². The second kappa shape index (κ2) is 8.57. The summed E-state index contributed by atoms with van der Waals surface area (Å²) in [7, 11) is 1.75. The summed E-state index contributed by atoms with van der Waals surface area (Å²) in [5.74, 6) is 2.66. The van der Waals surface area contributed by atoms with Gasteiger partial charge in [-0.1, -0.05) is 13.8 Å². The van der Waals surface area contributed by atoms with Crippen LogP contribution in [-0.4, -0.2) is 37.2 Å². The highest BCUT2D eigenvalue weighted by Crippen LogP contribution is 2.13. The van der Waals surface area contributed by atoms with Crippen LogP contribution in [0.1, 0.15) is 46.1 Å². The summed E-state index contributed by atoms with van der Waals surface area (Å²) in [5.41, 5.74) is 0.106. The Labute approximate surface area is 129 Å². The van der Waals surface area contributed by atoms with Gasteiger partial charge < -0.3 is 14.5 Å². The Hall–Kier alpha value is -0.840. The Morgan fingerprint density at radius 3 is 2.48 bits per heavy atom. The molecule has 0 unspecified atom stereocenters. The molecule has 0 amide bonds. The molecule has 0 atom stereocenters. The third-order valence-corrected chi connectivity index (χ3v) is 3.12. The van der Waals surface area contributed by atoms with Crippen molar-refractivity contribution in [3.63, 3.8) is 0 Å². The van der Waals surface area contributed by atoms with Gasteiger partial charge in [-0.3, -0.25) is 4.90 Å². The molecule has 0 saturated carbocycles. The lowest BCUT2D eigenvalue weighted by atomic mass is 10.1. The molecule has 0 saturated heterocycles. The Morgan fingerprint density at radius 1 is 1.24 bits per heavy atom. The molecule has 1 aromatic heterocycles. The van der Waals surface area contributed by atoms with E-state index in [0.29, 0.717) is 5.92 Å². The largest absolute Gasteiger partial charge is 0.463 e. The zero-order chi connectivity index (χ0) is 15.9. The molecule has 0 aromatic carbocycles. The maximum atomic E-state index is 5.93. The van der Waals surface area contributed by atoms with Crippen LogP contribution in [0.2, 0.25) is 0 Å². The van der Waals surface area contributed by atoms with E-state index in [2.05, 4.69) is 57.0 Å². The molecule has 21 heavy (non-hydrogen) atoms. The fraction of sp³-hybridized carbons (Fsp3) is 0.765. The molecule has 0 radical (unpaired) electrons. The summed E-state index contributed by atoms with van der Waals surface area (Å²) in [4.78, 5) is 2.38. The van der Waals surface area contributed by atoms with E-state index in [9.17, 15) is 0 Å². The molecular formula is C17H32N2O2. The van der Waals surface area contributed by atoms with E-state index in [-0.39, 0.29) is 5.54 Å². The fourth-order valence-electron chi connectivity index (χ4n) is 2.15. The molecule has 1 N–H and O–H groups in total. The first-order valence-corrected chi connectivity index (χ1v) is 7.84. The average molecular weight is 296 g/mol. The minimum absolute atomic E-state index is 0.106. The van der Waals surface area contributed by atoms with Gasteiger partial charge in [-0.2, -0.15) is 0 Å². The van der Waals surface area contributed by atoms with Crippen LogP contribution >= 0.6 is 0 Å². The first-order chi connectivity index (χ1) is 9.80. The van der Waals surface area contributed by atoms with Gasteiger partial charge in [-0.15, -0.1) is 0 Å². The van der Waals surface area contributed by atoms with Crippen LogP contribution in [0.4, 0.5) is 0 Å². The summed E-state index contributed by atoms with van der Waals surface area (Å²) >= 11 is 0. The highest BCUT2D eigenvalue weighted by Gasteiger charge is 2.13. The standard InChI is InChI=1S/C17H32N2O2/c1-14(2)12-19(9-10-20-6)13-16-8-7-15(21-16)11-18-17(3,4)5/h7-8,14,18H,9-13H2,1-6H3. The maximum Gasteiger partial charge on any atom is 0.118 e. The minimum Gasteiger partial charge on any atom is -0.463 e. The second-order valence-corrected chi connectivity index (χ2v) is 7.09. The lowest BCUT2D eigenvalue weighted by Gasteiger charge is -2.23. The van der Waals surface area contributed by atoms with E-state index < -0.39 is 0 Å². The monoisotopic (exact) mass is 296 g/mol. The highest BCUT2D eigenvalue weighted by molar-refractivity contribution is 5.07. The average Bonchev–Trinajstić information content (AvgIpc) is 2.80. The highest BCUT2D eigenvalue weighted by atomic mass is 16.5. The zero-order valence-electron chi connectivity index (χ0n) is 14.5. The van der Waals surface area contributed by atoms with Gasteiger partial charge >= 0.3 is 0 Å². The van der Waals surface area contributed by atoms with Crippen molar-refractivity contribution in [3.05, 3.63) is 23.7 Å².